The van der Waals surface area contributed by atoms with Crippen LogP contribution in [0.2, 0.25) is 5.02 Å². The van der Waals surface area contributed by atoms with Gasteiger partial charge >= 0.3 is 0 Å². The Morgan fingerprint density at radius 3 is 2.43 bits per heavy atom. The first kappa shape index (κ1) is 15.7. The molecule has 0 bridgehead atoms. The van der Waals surface area contributed by atoms with Gasteiger partial charge in [0.25, 0.3) is 0 Å². The van der Waals surface area contributed by atoms with Gasteiger partial charge in [-0.25, -0.2) is 0 Å². The third kappa shape index (κ3) is 4.15. The molecule has 1 atom stereocenters. The van der Waals surface area contributed by atoms with Crippen LogP contribution in [0.5, 0.6) is 5.75 Å². The highest BCUT2D eigenvalue weighted by Gasteiger charge is 2.10. The highest BCUT2D eigenvalue weighted by molar-refractivity contribution is 6.30. The first-order chi connectivity index (χ1) is 10.1. The standard InChI is InChI=1S/C18H22ClNO/c1-4-14-6-8-15(9-7-14)13(3)20-17-12-16(19)10-11-18(17)21-5-2/h6-13,20H,4-5H2,1-3H3. The summed E-state index contributed by atoms with van der Waals surface area (Å²) in [5.74, 6) is 0.832. The Morgan fingerprint density at radius 2 is 1.81 bits per heavy atom. The Labute approximate surface area is 132 Å². The molecule has 2 aromatic rings. The molecule has 0 aliphatic heterocycles. The van der Waals surface area contributed by atoms with Gasteiger partial charge in [0.2, 0.25) is 0 Å². The largest absolute Gasteiger partial charge is 0.492 e. The van der Waals surface area contributed by atoms with Gasteiger partial charge in [0, 0.05) is 11.1 Å². The number of hydrogen-bond acceptors (Lipinski definition) is 2. The van der Waals surface area contributed by atoms with Crippen LogP contribution in [-0.4, -0.2) is 6.61 Å². The molecule has 0 aliphatic rings. The molecule has 0 aliphatic carbocycles. The maximum absolute atomic E-state index is 6.09. The second-order valence-electron chi connectivity index (χ2n) is 5.03. The van der Waals surface area contributed by atoms with Gasteiger partial charge in [-0.2, -0.15) is 0 Å². The molecule has 0 amide bonds. The summed E-state index contributed by atoms with van der Waals surface area (Å²) < 4.78 is 5.64. The highest BCUT2D eigenvalue weighted by atomic mass is 35.5. The van der Waals surface area contributed by atoms with Crippen LogP contribution in [0.25, 0.3) is 0 Å². The van der Waals surface area contributed by atoms with Crippen LogP contribution in [0.3, 0.4) is 0 Å². The monoisotopic (exact) mass is 303 g/mol. The van der Waals surface area contributed by atoms with Gasteiger partial charge in [0.05, 0.1) is 12.3 Å². The third-order valence-electron chi connectivity index (χ3n) is 3.50. The molecular formula is C18H22ClNO. The van der Waals surface area contributed by atoms with Crippen LogP contribution < -0.4 is 10.1 Å². The topological polar surface area (TPSA) is 21.3 Å². The Hall–Kier alpha value is -1.67. The van der Waals surface area contributed by atoms with Gasteiger partial charge in [-0.05, 0) is 49.6 Å². The molecule has 0 heterocycles. The average Bonchev–Trinajstić information content (AvgIpc) is 2.50. The lowest BCUT2D eigenvalue weighted by molar-refractivity contribution is 0.341. The lowest BCUT2D eigenvalue weighted by Gasteiger charge is -2.19. The Bertz CT molecular complexity index is 580. The fraction of sp³-hybridized carbons (Fsp3) is 0.333. The summed E-state index contributed by atoms with van der Waals surface area (Å²) in [6.45, 7) is 6.91. The number of hydrogen-bond donors (Lipinski definition) is 1. The summed E-state index contributed by atoms with van der Waals surface area (Å²) in [7, 11) is 0. The van der Waals surface area contributed by atoms with Crippen LogP contribution in [0, 0.1) is 0 Å². The number of rotatable bonds is 6. The maximum atomic E-state index is 6.09. The van der Waals surface area contributed by atoms with Gasteiger partial charge in [0.1, 0.15) is 5.75 Å². The summed E-state index contributed by atoms with van der Waals surface area (Å²) >= 11 is 6.09. The number of halogens is 1. The van der Waals surface area contributed by atoms with Crippen molar-refractivity contribution in [2.24, 2.45) is 0 Å². The van der Waals surface area contributed by atoms with E-state index in [-0.39, 0.29) is 6.04 Å². The van der Waals surface area contributed by atoms with Crippen LogP contribution in [0.4, 0.5) is 5.69 Å². The molecule has 0 spiro atoms. The Morgan fingerprint density at radius 1 is 1.10 bits per heavy atom. The summed E-state index contributed by atoms with van der Waals surface area (Å²) in [5.41, 5.74) is 3.52. The molecule has 2 aromatic carbocycles. The smallest absolute Gasteiger partial charge is 0.142 e. The number of nitrogens with one attached hydrogen (secondary N) is 1. The van der Waals surface area contributed by atoms with Gasteiger partial charge in [0.15, 0.2) is 0 Å². The van der Waals surface area contributed by atoms with E-state index in [1.54, 1.807) is 0 Å². The maximum Gasteiger partial charge on any atom is 0.142 e. The number of benzene rings is 2. The minimum absolute atomic E-state index is 0.188. The zero-order valence-corrected chi connectivity index (χ0v) is 13.6. The number of ether oxygens (including phenoxy) is 1. The fourth-order valence-corrected chi connectivity index (χ4v) is 2.43. The van der Waals surface area contributed by atoms with Crippen molar-refractivity contribution in [1.82, 2.24) is 0 Å². The molecule has 1 unspecified atom stereocenters. The second-order valence-corrected chi connectivity index (χ2v) is 5.47. The summed E-state index contributed by atoms with van der Waals surface area (Å²) in [6.07, 6.45) is 1.06. The van der Waals surface area contributed by atoms with Crippen LogP contribution in [0.1, 0.15) is 37.9 Å². The number of anilines is 1. The van der Waals surface area contributed by atoms with E-state index in [1.165, 1.54) is 11.1 Å². The second kappa shape index (κ2) is 7.37. The van der Waals surface area contributed by atoms with Crippen molar-refractivity contribution >= 4 is 17.3 Å². The summed E-state index contributed by atoms with van der Waals surface area (Å²) in [6, 6.07) is 14.5. The van der Waals surface area contributed by atoms with E-state index in [4.69, 9.17) is 16.3 Å². The van der Waals surface area contributed by atoms with E-state index < -0.39 is 0 Å². The third-order valence-corrected chi connectivity index (χ3v) is 3.74. The van der Waals surface area contributed by atoms with E-state index in [0.717, 1.165) is 17.9 Å². The van der Waals surface area contributed by atoms with Gasteiger partial charge < -0.3 is 10.1 Å². The Balaban J connectivity index is 2.17. The SMILES string of the molecule is CCOc1ccc(Cl)cc1NC(C)c1ccc(CC)cc1. The predicted octanol–water partition coefficient (Wildman–Crippen LogP) is 5.47. The lowest BCUT2D eigenvalue weighted by atomic mass is 10.0. The van der Waals surface area contributed by atoms with Crippen molar-refractivity contribution in [1.29, 1.82) is 0 Å². The normalized spacial score (nSPS) is 12.0. The van der Waals surface area contributed by atoms with E-state index in [9.17, 15) is 0 Å². The molecule has 0 fully saturated rings. The van der Waals surface area contributed by atoms with Gasteiger partial charge in [-0.1, -0.05) is 42.8 Å². The van der Waals surface area contributed by atoms with Crippen molar-refractivity contribution in [3.8, 4) is 5.75 Å². The van der Waals surface area contributed by atoms with Crippen LogP contribution >= 0.6 is 11.6 Å². The lowest BCUT2D eigenvalue weighted by Crippen LogP contribution is -2.08. The highest BCUT2D eigenvalue weighted by Crippen LogP contribution is 2.31. The molecule has 0 saturated heterocycles. The predicted molar refractivity (Wildman–Crippen MR) is 90.5 cm³/mol. The first-order valence-electron chi connectivity index (χ1n) is 7.41. The minimum atomic E-state index is 0.188. The molecular weight excluding hydrogens is 282 g/mol. The van der Waals surface area contributed by atoms with Gasteiger partial charge in [-0.15, -0.1) is 0 Å². The number of aryl methyl sites for hydroxylation is 1. The van der Waals surface area contributed by atoms with Crippen molar-refractivity contribution in [2.45, 2.75) is 33.2 Å². The van der Waals surface area contributed by atoms with Gasteiger partial charge in [-0.3, -0.25) is 0 Å². The molecule has 2 nitrogen and oxygen atoms in total. The quantitative estimate of drug-likeness (QED) is 0.763. The van der Waals surface area contributed by atoms with Crippen molar-refractivity contribution < 1.29 is 4.74 Å². The molecule has 0 aromatic heterocycles. The molecule has 3 heteroatoms. The van der Waals surface area contributed by atoms with E-state index in [2.05, 4.69) is 43.4 Å². The zero-order valence-electron chi connectivity index (χ0n) is 12.8. The average molecular weight is 304 g/mol. The molecule has 0 saturated carbocycles. The fourth-order valence-electron chi connectivity index (χ4n) is 2.25. The molecule has 112 valence electrons. The summed E-state index contributed by atoms with van der Waals surface area (Å²) in [4.78, 5) is 0. The molecule has 1 N–H and O–H groups in total. The van der Waals surface area contributed by atoms with E-state index >= 15 is 0 Å². The molecule has 0 radical (unpaired) electrons. The summed E-state index contributed by atoms with van der Waals surface area (Å²) in [5, 5.41) is 4.18. The van der Waals surface area contributed by atoms with E-state index in [1.807, 2.05) is 25.1 Å². The molecule has 21 heavy (non-hydrogen) atoms. The van der Waals surface area contributed by atoms with Crippen molar-refractivity contribution in [3.05, 3.63) is 58.6 Å². The van der Waals surface area contributed by atoms with Crippen molar-refractivity contribution in [2.75, 3.05) is 11.9 Å². The van der Waals surface area contributed by atoms with E-state index in [0.29, 0.717) is 11.6 Å². The first-order valence-corrected chi connectivity index (χ1v) is 7.79. The molecule has 2 rings (SSSR count). The van der Waals surface area contributed by atoms with Crippen LogP contribution in [0.15, 0.2) is 42.5 Å². The zero-order chi connectivity index (χ0) is 15.2. The van der Waals surface area contributed by atoms with Crippen LogP contribution in [-0.2, 0) is 6.42 Å². The van der Waals surface area contributed by atoms with Crippen molar-refractivity contribution in [3.63, 3.8) is 0 Å². The minimum Gasteiger partial charge on any atom is -0.492 e. The Kier molecular flexibility index (Phi) is 5.51.